The summed E-state index contributed by atoms with van der Waals surface area (Å²) in [7, 11) is 0. The van der Waals surface area contributed by atoms with Crippen molar-refractivity contribution < 1.29 is 9.47 Å². The van der Waals surface area contributed by atoms with Crippen LogP contribution < -0.4 is 9.47 Å². The highest BCUT2D eigenvalue weighted by atomic mass is 127. The first-order chi connectivity index (χ1) is 16.3. The monoisotopic (exact) mass is 540 g/mol. The molecule has 0 amide bonds. The number of halogens is 1. The van der Waals surface area contributed by atoms with E-state index in [0.29, 0.717) is 0 Å². The fourth-order valence-electron chi connectivity index (χ4n) is 3.73. The third-order valence-electron chi connectivity index (χ3n) is 5.24. The third-order valence-corrected chi connectivity index (χ3v) is 5.87. The first-order valence-corrected chi connectivity index (χ1v) is 11.8. The molecule has 0 spiro atoms. The Morgan fingerprint density at radius 2 is 0.818 bits per heavy atom. The van der Waals surface area contributed by atoms with Crippen LogP contribution in [0, 0.1) is 3.57 Å². The summed E-state index contributed by atoms with van der Waals surface area (Å²) < 4.78 is 13.7. The van der Waals surface area contributed by atoms with Gasteiger partial charge in [0.2, 0.25) is 0 Å². The van der Waals surface area contributed by atoms with Crippen LogP contribution in [-0.2, 0) is 0 Å². The summed E-state index contributed by atoms with van der Waals surface area (Å²) in [6, 6.07) is 42.7. The molecule has 0 radical (unpaired) electrons. The predicted octanol–water partition coefficient (Wildman–Crippen LogP) is 9.21. The Balaban J connectivity index is 1.46. The van der Waals surface area contributed by atoms with E-state index >= 15 is 0 Å². The molecule has 0 aliphatic heterocycles. The zero-order valence-electron chi connectivity index (χ0n) is 17.8. The number of rotatable bonds is 6. The van der Waals surface area contributed by atoms with E-state index < -0.39 is 0 Å². The topological polar surface area (TPSA) is 18.5 Å². The Morgan fingerprint density at radius 3 is 1.27 bits per heavy atom. The highest BCUT2D eigenvalue weighted by Crippen LogP contribution is 2.38. The zero-order valence-corrected chi connectivity index (χ0v) is 20.0. The molecule has 3 heteroatoms. The maximum absolute atomic E-state index is 6.35. The van der Waals surface area contributed by atoms with Gasteiger partial charge in [0.25, 0.3) is 0 Å². The molecular formula is C30H21IO2. The molecule has 0 bridgehead atoms. The molecule has 0 aliphatic rings. The van der Waals surface area contributed by atoms with Crippen molar-refractivity contribution in [2.45, 2.75) is 0 Å². The van der Waals surface area contributed by atoms with Gasteiger partial charge in [0.15, 0.2) is 0 Å². The van der Waals surface area contributed by atoms with Gasteiger partial charge >= 0.3 is 0 Å². The Kier molecular flexibility index (Phi) is 6.40. The van der Waals surface area contributed by atoms with Gasteiger partial charge in [0.1, 0.15) is 23.0 Å². The highest BCUT2D eigenvalue weighted by Gasteiger charge is 2.11. The molecule has 0 saturated carbocycles. The van der Waals surface area contributed by atoms with Crippen LogP contribution >= 0.6 is 22.6 Å². The van der Waals surface area contributed by atoms with E-state index in [1.807, 2.05) is 91.0 Å². The van der Waals surface area contributed by atoms with Gasteiger partial charge in [-0.2, -0.15) is 0 Å². The van der Waals surface area contributed by atoms with Crippen molar-refractivity contribution in [2.24, 2.45) is 0 Å². The van der Waals surface area contributed by atoms with Crippen LogP contribution in [0.15, 0.2) is 127 Å². The van der Waals surface area contributed by atoms with Crippen molar-refractivity contribution >= 4 is 22.6 Å². The van der Waals surface area contributed by atoms with Crippen molar-refractivity contribution in [3.63, 3.8) is 0 Å². The van der Waals surface area contributed by atoms with E-state index in [1.54, 1.807) is 0 Å². The van der Waals surface area contributed by atoms with Crippen LogP contribution in [-0.4, -0.2) is 0 Å². The summed E-state index contributed by atoms with van der Waals surface area (Å²) in [5, 5.41) is 0. The standard InChI is InChI=1S/C30H21IO2/c31-24-19-25(32-29-17-9-7-15-27(29)22-11-3-1-4-12-22)21-26(20-24)33-30-18-10-8-16-28(30)23-13-5-2-6-14-23/h1-21H. The molecule has 0 heterocycles. The minimum absolute atomic E-state index is 0.734. The second kappa shape index (κ2) is 9.92. The van der Waals surface area contributed by atoms with E-state index in [2.05, 4.69) is 59.0 Å². The number of para-hydroxylation sites is 2. The van der Waals surface area contributed by atoms with Crippen molar-refractivity contribution in [2.75, 3.05) is 0 Å². The average Bonchev–Trinajstić information content (AvgIpc) is 2.85. The fourth-order valence-corrected chi connectivity index (χ4v) is 4.35. The molecule has 0 aromatic heterocycles. The molecule has 0 N–H and O–H groups in total. The summed E-state index contributed by atoms with van der Waals surface area (Å²) >= 11 is 2.30. The maximum atomic E-state index is 6.35. The molecule has 5 rings (SSSR count). The van der Waals surface area contributed by atoms with Gasteiger partial charge in [-0.3, -0.25) is 0 Å². The molecule has 5 aromatic carbocycles. The lowest BCUT2D eigenvalue weighted by Crippen LogP contribution is -1.92. The Morgan fingerprint density at radius 1 is 0.424 bits per heavy atom. The first-order valence-electron chi connectivity index (χ1n) is 10.7. The average molecular weight is 540 g/mol. The van der Waals surface area contributed by atoms with Crippen molar-refractivity contribution in [1.29, 1.82) is 0 Å². The summed E-state index contributed by atoms with van der Waals surface area (Å²) in [6.45, 7) is 0. The van der Waals surface area contributed by atoms with Crippen molar-refractivity contribution in [3.05, 3.63) is 131 Å². The number of hydrogen-bond donors (Lipinski definition) is 0. The van der Waals surface area contributed by atoms with Crippen LogP contribution in [0.5, 0.6) is 23.0 Å². The second-order valence-electron chi connectivity index (χ2n) is 7.55. The Labute approximate surface area is 207 Å². The number of benzene rings is 5. The molecule has 0 saturated heterocycles. The lowest BCUT2D eigenvalue weighted by atomic mass is 10.0. The summed E-state index contributed by atoms with van der Waals surface area (Å²) in [6.07, 6.45) is 0. The van der Waals surface area contributed by atoms with Crippen LogP contribution in [0.2, 0.25) is 0 Å². The molecule has 2 nitrogen and oxygen atoms in total. The number of ether oxygens (including phenoxy) is 2. The fraction of sp³-hybridized carbons (Fsp3) is 0. The van der Waals surface area contributed by atoms with E-state index in [-0.39, 0.29) is 0 Å². The number of hydrogen-bond acceptors (Lipinski definition) is 2. The third kappa shape index (κ3) is 5.10. The lowest BCUT2D eigenvalue weighted by molar-refractivity contribution is 0.461. The van der Waals surface area contributed by atoms with Crippen LogP contribution in [0.4, 0.5) is 0 Å². The molecule has 0 fully saturated rings. The van der Waals surface area contributed by atoms with E-state index in [1.165, 1.54) is 0 Å². The largest absolute Gasteiger partial charge is 0.457 e. The first kappa shape index (κ1) is 21.3. The van der Waals surface area contributed by atoms with Gasteiger partial charge in [0.05, 0.1) is 0 Å². The van der Waals surface area contributed by atoms with Gasteiger partial charge in [-0.1, -0.05) is 97.1 Å². The van der Waals surface area contributed by atoms with E-state index in [0.717, 1.165) is 48.8 Å². The van der Waals surface area contributed by atoms with Gasteiger partial charge < -0.3 is 9.47 Å². The highest BCUT2D eigenvalue weighted by molar-refractivity contribution is 14.1. The van der Waals surface area contributed by atoms with Gasteiger partial charge in [-0.25, -0.2) is 0 Å². The normalized spacial score (nSPS) is 10.6. The predicted molar refractivity (Wildman–Crippen MR) is 143 cm³/mol. The molecule has 160 valence electrons. The van der Waals surface area contributed by atoms with Gasteiger partial charge in [0, 0.05) is 20.8 Å². The Hall–Kier alpha value is -3.57. The Bertz CT molecular complexity index is 1260. The molecule has 5 aromatic rings. The minimum atomic E-state index is 0.734. The minimum Gasteiger partial charge on any atom is -0.457 e. The quantitative estimate of drug-likeness (QED) is 0.200. The SMILES string of the molecule is Ic1cc(Oc2ccccc2-c2ccccc2)cc(Oc2ccccc2-c2ccccc2)c1. The van der Waals surface area contributed by atoms with E-state index in [4.69, 9.17) is 9.47 Å². The molecule has 0 unspecified atom stereocenters. The molecule has 0 atom stereocenters. The van der Waals surface area contributed by atoms with Gasteiger partial charge in [-0.15, -0.1) is 0 Å². The van der Waals surface area contributed by atoms with Crippen molar-refractivity contribution in [3.8, 4) is 45.3 Å². The van der Waals surface area contributed by atoms with Crippen LogP contribution in [0.25, 0.3) is 22.3 Å². The van der Waals surface area contributed by atoms with E-state index in [9.17, 15) is 0 Å². The maximum Gasteiger partial charge on any atom is 0.135 e. The summed E-state index contributed by atoms with van der Waals surface area (Å²) in [5.74, 6) is 3.08. The second-order valence-corrected chi connectivity index (χ2v) is 8.80. The molecular weight excluding hydrogens is 519 g/mol. The summed E-state index contributed by atoms with van der Waals surface area (Å²) in [5.41, 5.74) is 4.33. The van der Waals surface area contributed by atoms with Crippen LogP contribution in [0.1, 0.15) is 0 Å². The summed E-state index contributed by atoms with van der Waals surface area (Å²) in [4.78, 5) is 0. The van der Waals surface area contributed by atoms with Crippen molar-refractivity contribution in [1.82, 2.24) is 0 Å². The van der Waals surface area contributed by atoms with Crippen LogP contribution in [0.3, 0.4) is 0 Å². The molecule has 0 aliphatic carbocycles. The van der Waals surface area contributed by atoms with Gasteiger partial charge in [-0.05, 0) is 58.0 Å². The smallest absolute Gasteiger partial charge is 0.135 e. The lowest BCUT2D eigenvalue weighted by Gasteiger charge is -2.15. The molecule has 33 heavy (non-hydrogen) atoms. The zero-order chi connectivity index (χ0) is 22.5.